The second-order valence-corrected chi connectivity index (χ2v) is 9.66. The van der Waals surface area contributed by atoms with E-state index in [1.807, 2.05) is 20.8 Å². The molecule has 0 saturated carbocycles. The van der Waals surface area contributed by atoms with E-state index >= 15 is 0 Å². The largest absolute Gasteiger partial charge is 0.416 e. The van der Waals surface area contributed by atoms with Gasteiger partial charge in [-0.1, -0.05) is 12.1 Å². The molecule has 2 fully saturated rings. The van der Waals surface area contributed by atoms with Gasteiger partial charge in [-0.2, -0.15) is 13.2 Å². The van der Waals surface area contributed by atoms with Crippen LogP contribution in [0.1, 0.15) is 44.2 Å². The molecule has 0 aliphatic carbocycles. The number of halogens is 3. The number of ether oxygens (including phenoxy) is 2. The number of alkyl halides is 3. The molecule has 35 heavy (non-hydrogen) atoms. The van der Waals surface area contributed by atoms with E-state index in [4.69, 9.17) is 19.3 Å². The molecule has 2 saturated heterocycles. The van der Waals surface area contributed by atoms with E-state index in [0.717, 1.165) is 17.7 Å². The lowest BCUT2D eigenvalue weighted by molar-refractivity contribution is -0.137. The highest BCUT2D eigenvalue weighted by Crippen LogP contribution is 2.35. The van der Waals surface area contributed by atoms with Gasteiger partial charge in [-0.3, -0.25) is 5.48 Å². The maximum Gasteiger partial charge on any atom is 0.416 e. The fraction of sp³-hybridized carbons (Fsp3) is 0.667. The molecular weight excluding hydrogens is 465 g/mol. The third kappa shape index (κ3) is 5.90. The fourth-order valence-electron chi connectivity index (χ4n) is 4.82. The summed E-state index contributed by atoms with van der Waals surface area (Å²) in [5, 5.41) is 0. The quantitative estimate of drug-likeness (QED) is 0.671. The average Bonchev–Trinajstić information content (AvgIpc) is 3.35. The molecule has 0 radical (unpaired) electrons. The first-order chi connectivity index (χ1) is 16.6. The molecule has 0 aromatic heterocycles. The summed E-state index contributed by atoms with van der Waals surface area (Å²) in [5.74, 6) is 0.312. The van der Waals surface area contributed by atoms with Crippen LogP contribution in [-0.4, -0.2) is 79.5 Å². The van der Waals surface area contributed by atoms with E-state index in [0.29, 0.717) is 58.3 Å². The Kier molecular flexibility index (Phi) is 7.58. The predicted molar refractivity (Wildman–Crippen MR) is 123 cm³/mol. The number of urea groups is 1. The number of amidine groups is 1. The van der Waals surface area contributed by atoms with E-state index in [-0.39, 0.29) is 17.9 Å². The second kappa shape index (κ2) is 10.3. The van der Waals surface area contributed by atoms with Gasteiger partial charge in [0.2, 0.25) is 6.23 Å². The lowest BCUT2D eigenvalue weighted by Crippen LogP contribution is -2.53. The summed E-state index contributed by atoms with van der Waals surface area (Å²) in [6.45, 7) is 9.06. The number of rotatable bonds is 5. The molecule has 0 spiro atoms. The van der Waals surface area contributed by atoms with Crippen molar-refractivity contribution in [1.82, 2.24) is 15.3 Å². The second-order valence-electron chi connectivity index (χ2n) is 9.66. The van der Waals surface area contributed by atoms with Gasteiger partial charge in [0, 0.05) is 44.6 Å². The number of nitrogens with zero attached hydrogens (tertiary/aromatic N) is 3. The van der Waals surface area contributed by atoms with Gasteiger partial charge in [0.15, 0.2) is 0 Å². The number of benzene rings is 1. The van der Waals surface area contributed by atoms with Gasteiger partial charge in [-0.25, -0.2) is 14.6 Å². The lowest BCUT2D eigenvalue weighted by atomic mass is 9.83. The Morgan fingerprint density at radius 3 is 2.40 bits per heavy atom. The lowest BCUT2D eigenvalue weighted by Gasteiger charge is -2.41. The summed E-state index contributed by atoms with van der Waals surface area (Å²) in [6, 6.07) is 5.12. The van der Waals surface area contributed by atoms with Crippen LogP contribution in [0.4, 0.5) is 18.0 Å². The Morgan fingerprint density at radius 1 is 1.11 bits per heavy atom. The summed E-state index contributed by atoms with van der Waals surface area (Å²) in [7, 11) is 0. The molecule has 3 atom stereocenters. The number of aliphatic imine (C=N–C) groups is 1. The number of nitrogens with one attached hydrogen (secondary N) is 1. The van der Waals surface area contributed by atoms with Gasteiger partial charge in [0.25, 0.3) is 0 Å². The van der Waals surface area contributed by atoms with E-state index in [1.165, 1.54) is 12.1 Å². The Balaban J connectivity index is 1.57. The third-order valence-corrected chi connectivity index (χ3v) is 6.74. The SMILES string of the molecule is CCOC(C)(C)C1N=C(C2CC(c3ccc(C(F)(F)F)cc3)CN(C(=O)N3CCOCC3)C2)NO1. The van der Waals surface area contributed by atoms with Crippen molar-refractivity contribution in [2.75, 3.05) is 46.0 Å². The minimum absolute atomic E-state index is 0.0966. The van der Waals surface area contributed by atoms with Gasteiger partial charge >= 0.3 is 12.2 Å². The molecule has 1 aromatic carbocycles. The highest BCUT2D eigenvalue weighted by atomic mass is 19.4. The smallest absolute Gasteiger partial charge is 0.378 e. The van der Waals surface area contributed by atoms with Crippen molar-refractivity contribution in [2.45, 2.75) is 51.1 Å². The molecule has 3 aliphatic rings. The van der Waals surface area contributed by atoms with E-state index in [2.05, 4.69) is 5.48 Å². The monoisotopic (exact) mass is 498 g/mol. The third-order valence-electron chi connectivity index (χ3n) is 6.74. The van der Waals surface area contributed by atoms with Gasteiger partial charge < -0.3 is 19.3 Å². The molecule has 3 unspecified atom stereocenters. The van der Waals surface area contributed by atoms with Crippen molar-refractivity contribution < 1.29 is 32.3 Å². The number of amides is 2. The fourth-order valence-corrected chi connectivity index (χ4v) is 4.82. The zero-order chi connectivity index (χ0) is 25.2. The van der Waals surface area contributed by atoms with Crippen molar-refractivity contribution in [3.05, 3.63) is 35.4 Å². The minimum Gasteiger partial charge on any atom is -0.378 e. The normalized spacial score (nSPS) is 25.9. The first-order valence-corrected chi connectivity index (χ1v) is 12.0. The molecule has 2 amide bonds. The number of carbonyl (C=O) groups excluding carboxylic acids is 1. The van der Waals surface area contributed by atoms with Gasteiger partial charge in [-0.15, -0.1) is 0 Å². The van der Waals surface area contributed by atoms with Crippen LogP contribution in [-0.2, 0) is 20.5 Å². The topological polar surface area (TPSA) is 75.6 Å². The summed E-state index contributed by atoms with van der Waals surface area (Å²) in [4.78, 5) is 27.3. The molecule has 194 valence electrons. The van der Waals surface area contributed by atoms with Crippen molar-refractivity contribution in [1.29, 1.82) is 0 Å². The Labute approximate surface area is 203 Å². The summed E-state index contributed by atoms with van der Waals surface area (Å²) >= 11 is 0. The van der Waals surface area contributed by atoms with E-state index in [1.54, 1.807) is 9.80 Å². The van der Waals surface area contributed by atoms with Crippen LogP contribution in [0.5, 0.6) is 0 Å². The molecular formula is C24H33F3N4O4. The van der Waals surface area contributed by atoms with Crippen LogP contribution in [0.3, 0.4) is 0 Å². The number of carbonyl (C=O) groups is 1. The zero-order valence-corrected chi connectivity index (χ0v) is 20.3. The summed E-state index contributed by atoms with van der Waals surface area (Å²) < 4.78 is 50.4. The first kappa shape index (κ1) is 25.7. The van der Waals surface area contributed by atoms with Crippen molar-refractivity contribution in [3.63, 3.8) is 0 Å². The number of hydrogen-bond acceptors (Lipinski definition) is 6. The number of piperidine rings is 1. The molecule has 1 aromatic rings. The van der Waals surface area contributed by atoms with Crippen molar-refractivity contribution in [2.24, 2.45) is 10.9 Å². The van der Waals surface area contributed by atoms with Crippen molar-refractivity contribution in [3.8, 4) is 0 Å². The summed E-state index contributed by atoms with van der Waals surface area (Å²) in [5.41, 5.74) is 2.35. The van der Waals surface area contributed by atoms with Crippen LogP contribution < -0.4 is 5.48 Å². The first-order valence-electron chi connectivity index (χ1n) is 12.0. The Morgan fingerprint density at radius 2 is 1.77 bits per heavy atom. The standard InChI is InChI=1S/C24H33F3N4O4/c1-4-34-23(2,3)21-28-20(29-35-21)18-13-17(16-5-7-19(8-6-16)24(25,26)27)14-31(15-18)22(32)30-9-11-33-12-10-30/h5-8,17-18,21H,4,9-15H2,1-3H3,(H,28,29). The van der Waals surface area contributed by atoms with E-state index in [9.17, 15) is 18.0 Å². The van der Waals surface area contributed by atoms with Crippen LogP contribution in [0.25, 0.3) is 0 Å². The Bertz CT molecular complexity index is 916. The van der Waals surface area contributed by atoms with Crippen LogP contribution in [0.15, 0.2) is 29.3 Å². The summed E-state index contributed by atoms with van der Waals surface area (Å²) in [6.07, 6.45) is -4.32. The Hall–Kier alpha value is -2.37. The molecule has 1 N–H and O–H groups in total. The number of likely N-dealkylation sites (tertiary alicyclic amines) is 1. The molecule has 3 heterocycles. The molecule has 11 heteroatoms. The maximum absolute atomic E-state index is 13.3. The van der Waals surface area contributed by atoms with Gasteiger partial charge in [0.05, 0.1) is 18.8 Å². The van der Waals surface area contributed by atoms with Crippen LogP contribution in [0.2, 0.25) is 0 Å². The number of morpholine rings is 1. The average molecular weight is 499 g/mol. The predicted octanol–water partition coefficient (Wildman–Crippen LogP) is 3.64. The molecule has 0 bridgehead atoms. The van der Waals surface area contributed by atoms with Gasteiger partial charge in [-0.05, 0) is 44.9 Å². The molecule has 3 aliphatic heterocycles. The highest BCUT2D eigenvalue weighted by Gasteiger charge is 2.41. The number of hydrogen-bond donors (Lipinski definition) is 1. The van der Waals surface area contributed by atoms with Crippen LogP contribution in [0, 0.1) is 5.92 Å². The molecule has 8 nitrogen and oxygen atoms in total. The molecule has 4 rings (SSSR count). The minimum atomic E-state index is -4.39. The zero-order valence-electron chi connectivity index (χ0n) is 20.3. The van der Waals surface area contributed by atoms with Crippen LogP contribution >= 0.6 is 0 Å². The van der Waals surface area contributed by atoms with Crippen molar-refractivity contribution >= 4 is 11.9 Å². The number of hydroxylamine groups is 1. The van der Waals surface area contributed by atoms with Gasteiger partial charge in [0.1, 0.15) is 11.4 Å². The van der Waals surface area contributed by atoms with E-state index < -0.39 is 23.6 Å². The highest BCUT2D eigenvalue weighted by molar-refractivity contribution is 5.86. The maximum atomic E-state index is 13.3.